The van der Waals surface area contributed by atoms with Gasteiger partial charge < -0.3 is 20.1 Å². The molecule has 2 heterocycles. The third-order valence-corrected chi connectivity index (χ3v) is 8.37. The Morgan fingerprint density at radius 3 is 1.17 bits per heavy atom. The van der Waals surface area contributed by atoms with E-state index in [9.17, 15) is 28.8 Å². The molecule has 6 amide bonds. The van der Waals surface area contributed by atoms with Gasteiger partial charge in [-0.1, -0.05) is 48.5 Å². The minimum absolute atomic E-state index is 0.0334. The first-order chi connectivity index (χ1) is 23.3. The van der Waals surface area contributed by atoms with E-state index in [0.29, 0.717) is 71.8 Å². The van der Waals surface area contributed by atoms with Gasteiger partial charge in [0.05, 0.1) is 13.2 Å². The summed E-state index contributed by atoms with van der Waals surface area (Å²) in [4.78, 5) is 78.3. The Balaban J connectivity index is 0.811. The molecule has 0 aliphatic carbocycles. The van der Waals surface area contributed by atoms with Crippen molar-refractivity contribution in [3.63, 3.8) is 0 Å². The van der Waals surface area contributed by atoms with Gasteiger partial charge in [0.15, 0.2) is 0 Å². The number of alkyl carbamates (subject to hydrolysis) is 2. The second-order valence-electron chi connectivity index (χ2n) is 11.5. The minimum Gasteiger partial charge on any atom is -0.449 e. The lowest BCUT2D eigenvalue weighted by molar-refractivity contribution is 0.0580. The van der Waals surface area contributed by atoms with Crippen LogP contribution in [0.4, 0.5) is 9.59 Å². The number of hydrogen-bond donors (Lipinski definition) is 2. The molecule has 0 saturated carbocycles. The van der Waals surface area contributed by atoms with Gasteiger partial charge in [0.2, 0.25) is 0 Å². The number of hydrogen-bond acceptors (Lipinski definition) is 8. The number of nitrogens with one attached hydrogen (secondary N) is 2. The summed E-state index contributed by atoms with van der Waals surface area (Å²) in [6, 6.07) is 21.5. The molecule has 2 aliphatic heterocycles. The van der Waals surface area contributed by atoms with Gasteiger partial charge in [0, 0.05) is 59.2 Å². The van der Waals surface area contributed by atoms with E-state index in [1.807, 2.05) is 24.3 Å². The first-order valence-electron chi connectivity index (χ1n) is 15.9. The van der Waals surface area contributed by atoms with Crippen LogP contribution in [0.2, 0.25) is 0 Å². The largest absolute Gasteiger partial charge is 0.449 e. The Labute approximate surface area is 275 Å². The fourth-order valence-corrected chi connectivity index (χ4v) is 6.08. The molecule has 0 aromatic heterocycles. The average molecular weight is 651 g/mol. The smallest absolute Gasteiger partial charge is 0.407 e. The number of benzene rings is 4. The average Bonchev–Trinajstić information content (AvgIpc) is 3.10. The fraction of sp³-hybridized carbons (Fsp3) is 0.278. The number of unbranched alkanes of at least 4 members (excludes halogenated alkanes) is 1. The van der Waals surface area contributed by atoms with Crippen LogP contribution in [-0.4, -0.2) is 85.0 Å². The van der Waals surface area contributed by atoms with E-state index in [0.717, 1.165) is 10.8 Å². The van der Waals surface area contributed by atoms with Crippen LogP contribution in [0, 0.1) is 0 Å². The third-order valence-electron chi connectivity index (χ3n) is 8.37. The molecule has 0 bridgehead atoms. The highest BCUT2D eigenvalue weighted by Crippen LogP contribution is 2.31. The number of imide groups is 2. The van der Waals surface area contributed by atoms with Gasteiger partial charge in [-0.05, 0) is 60.7 Å². The molecule has 0 saturated heterocycles. The van der Waals surface area contributed by atoms with Crippen molar-refractivity contribution in [1.29, 1.82) is 0 Å². The fourth-order valence-electron chi connectivity index (χ4n) is 6.08. The van der Waals surface area contributed by atoms with Crippen LogP contribution >= 0.6 is 0 Å². The highest BCUT2D eigenvalue weighted by Gasteiger charge is 2.33. The topological polar surface area (TPSA) is 151 Å². The maximum absolute atomic E-state index is 12.9. The molecule has 0 atom stereocenters. The van der Waals surface area contributed by atoms with Crippen molar-refractivity contribution in [1.82, 2.24) is 20.4 Å². The van der Waals surface area contributed by atoms with E-state index in [1.54, 1.807) is 48.5 Å². The van der Waals surface area contributed by atoms with Crippen molar-refractivity contribution in [3.8, 4) is 0 Å². The van der Waals surface area contributed by atoms with Crippen LogP contribution < -0.4 is 10.6 Å². The third kappa shape index (κ3) is 6.55. The minimum atomic E-state index is -0.611. The molecule has 12 nitrogen and oxygen atoms in total. The molecule has 6 rings (SSSR count). The maximum atomic E-state index is 12.9. The van der Waals surface area contributed by atoms with Gasteiger partial charge in [-0.15, -0.1) is 0 Å². The molecule has 12 heteroatoms. The van der Waals surface area contributed by atoms with Crippen molar-refractivity contribution in [2.45, 2.75) is 25.7 Å². The van der Waals surface area contributed by atoms with Gasteiger partial charge in [-0.2, -0.15) is 0 Å². The van der Waals surface area contributed by atoms with Crippen molar-refractivity contribution in [2.75, 3.05) is 39.4 Å². The first kappa shape index (κ1) is 32.2. The van der Waals surface area contributed by atoms with Gasteiger partial charge >= 0.3 is 12.2 Å². The molecule has 0 fully saturated rings. The second kappa shape index (κ2) is 14.3. The Bertz CT molecular complexity index is 1700. The lowest BCUT2D eigenvalue weighted by Gasteiger charge is -2.27. The molecule has 0 spiro atoms. The van der Waals surface area contributed by atoms with Crippen LogP contribution in [0.15, 0.2) is 72.8 Å². The van der Waals surface area contributed by atoms with Gasteiger partial charge in [-0.3, -0.25) is 29.0 Å². The molecule has 2 N–H and O–H groups in total. The number of carbonyl (C=O) groups is 6. The predicted molar refractivity (Wildman–Crippen MR) is 176 cm³/mol. The van der Waals surface area contributed by atoms with Crippen molar-refractivity contribution < 1.29 is 38.2 Å². The van der Waals surface area contributed by atoms with Crippen molar-refractivity contribution in [2.24, 2.45) is 0 Å². The molecule has 4 aromatic carbocycles. The highest BCUT2D eigenvalue weighted by atomic mass is 16.6. The zero-order valence-electron chi connectivity index (χ0n) is 26.2. The van der Waals surface area contributed by atoms with E-state index >= 15 is 0 Å². The Kier molecular flexibility index (Phi) is 9.60. The molecule has 0 radical (unpaired) electrons. The standard InChI is InChI=1S/C36H34N4O8/c41-31-25-13-3-9-23-10-4-14-26(29(23)25)32(42)39(31)19-7-21-47-35(45)37-17-1-2-18-38-36(46)48-22-8-20-40-33(43)27-15-5-11-24-12-6-16-28(30(24)27)34(40)44/h3-6,9-16H,1-2,7-8,17-22H2,(H,37,45)(H,38,46). The lowest BCUT2D eigenvalue weighted by atomic mass is 9.94. The number of ether oxygens (including phenoxy) is 2. The molecule has 48 heavy (non-hydrogen) atoms. The van der Waals surface area contributed by atoms with Crippen LogP contribution in [-0.2, 0) is 9.47 Å². The van der Waals surface area contributed by atoms with E-state index in [4.69, 9.17) is 9.47 Å². The lowest BCUT2D eigenvalue weighted by Crippen LogP contribution is -2.41. The summed E-state index contributed by atoms with van der Waals surface area (Å²) in [6.07, 6.45) is 0.517. The van der Waals surface area contributed by atoms with Crippen molar-refractivity contribution in [3.05, 3.63) is 95.1 Å². The van der Waals surface area contributed by atoms with Gasteiger partial charge in [-0.25, -0.2) is 9.59 Å². The highest BCUT2D eigenvalue weighted by molar-refractivity contribution is 6.26. The molecule has 246 valence electrons. The summed E-state index contributed by atoms with van der Waals surface area (Å²) < 4.78 is 10.4. The van der Waals surface area contributed by atoms with Crippen LogP contribution in [0.25, 0.3) is 21.5 Å². The number of amides is 6. The van der Waals surface area contributed by atoms with Crippen LogP contribution in [0.5, 0.6) is 0 Å². The zero-order chi connectivity index (χ0) is 33.6. The Morgan fingerprint density at radius 2 is 0.833 bits per heavy atom. The zero-order valence-corrected chi connectivity index (χ0v) is 26.2. The quantitative estimate of drug-likeness (QED) is 0.153. The Hall–Kier alpha value is -5.78. The van der Waals surface area contributed by atoms with Crippen LogP contribution in [0.1, 0.15) is 67.1 Å². The first-order valence-corrected chi connectivity index (χ1v) is 15.9. The number of rotatable bonds is 13. The van der Waals surface area contributed by atoms with Gasteiger partial charge in [0.1, 0.15) is 0 Å². The van der Waals surface area contributed by atoms with Crippen molar-refractivity contribution >= 4 is 57.4 Å². The summed E-state index contributed by atoms with van der Waals surface area (Å²) in [7, 11) is 0. The molecule has 2 aliphatic rings. The summed E-state index contributed by atoms with van der Waals surface area (Å²) in [6.45, 7) is 0.967. The normalized spacial score (nSPS) is 13.7. The Morgan fingerprint density at radius 1 is 0.500 bits per heavy atom. The van der Waals surface area contributed by atoms with Crippen LogP contribution in [0.3, 0.4) is 0 Å². The summed E-state index contributed by atoms with van der Waals surface area (Å²) in [5.74, 6) is -1.44. The predicted octanol–water partition coefficient (Wildman–Crippen LogP) is 4.90. The monoisotopic (exact) mass is 650 g/mol. The molecule has 4 aromatic rings. The summed E-state index contributed by atoms with van der Waals surface area (Å²) >= 11 is 0. The van der Waals surface area contributed by atoms with E-state index in [1.165, 1.54) is 9.80 Å². The van der Waals surface area contributed by atoms with E-state index < -0.39 is 12.2 Å². The molecular formula is C36H34N4O8. The van der Waals surface area contributed by atoms with E-state index in [-0.39, 0.29) is 49.9 Å². The molecular weight excluding hydrogens is 616 g/mol. The maximum Gasteiger partial charge on any atom is 0.407 e. The number of carbonyl (C=O) groups excluding carboxylic acids is 6. The van der Waals surface area contributed by atoms with Gasteiger partial charge in [0.25, 0.3) is 23.6 Å². The SMILES string of the molecule is O=C(NCCCCNC(=O)OCCCN1C(=O)c2cccc3cccc(c23)C1=O)OCCCN1C(=O)c2cccc3cccc(c23)C1=O. The molecule has 0 unspecified atom stereocenters. The van der Waals surface area contributed by atoms with E-state index in [2.05, 4.69) is 10.6 Å². The number of nitrogens with zero attached hydrogens (tertiary/aromatic N) is 2. The second-order valence-corrected chi connectivity index (χ2v) is 11.5. The summed E-state index contributed by atoms with van der Waals surface area (Å²) in [5.41, 5.74) is 1.94. The summed E-state index contributed by atoms with van der Waals surface area (Å²) in [5, 5.41) is 8.28.